The third-order valence-electron chi connectivity index (χ3n) is 4.31. The molecule has 0 unspecified atom stereocenters. The molecule has 2 aromatic rings. The van der Waals surface area contributed by atoms with E-state index in [1.165, 1.54) is 0 Å². The summed E-state index contributed by atoms with van der Waals surface area (Å²) in [7, 11) is -1.76. The Morgan fingerprint density at radius 1 is 1.12 bits per heavy atom. The lowest BCUT2D eigenvalue weighted by atomic mass is 10.3. The molecule has 7 nitrogen and oxygen atoms in total. The van der Waals surface area contributed by atoms with E-state index in [0.29, 0.717) is 42.5 Å². The van der Waals surface area contributed by atoms with E-state index < -0.39 is 10.0 Å². The predicted octanol–water partition coefficient (Wildman–Crippen LogP) is 1.71. The second-order valence-electron chi connectivity index (χ2n) is 5.85. The first kappa shape index (κ1) is 17.4. The van der Waals surface area contributed by atoms with Crippen LogP contribution >= 0.6 is 15.9 Å². The highest BCUT2D eigenvalue weighted by molar-refractivity contribution is 9.10. The number of sulfonamides is 1. The molecule has 0 aromatic carbocycles. The maximum atomic E-state index is 13.0. The Kier molecular flexibility index (Phi) is 4.67. The Morgan fingerprint density at radius 2 is 1.79 bits per heavy atom. The summed E-state index contributed by atoms with van der Waals surface area (Å²) >= 11 is 3.37. The van der Waals surface area contributed by atoms with Crippen molar-refractivity contribution in [3.8, 4) is 0 Å². The van der Waals surface area contributed by atoms with Crippen molar-refractivity contribution in [2.75, 3.05) is 31.1 Å². The molecule has 0 spiro atoms. The molecule has 0 N–H and O–H groups in total. The Labute approximate surface area is 150 Å². The molecule has 0 amide bonds. The van der Waals surface area contributed by atoms with Gasteiger partial charge in [-0.25, -0.2) is 13.4 Å². The van der Waals surface area contributed by atoms with Gasteiger partial charge in [0.15, 0.2) is 0 Å². The van der Waals surface area contributed by atoms with E-state index in [-0.39, 0.29) is 0 Å². The summed E-state index contributed by atoms with van der Waals surface area (Å²) in [6.07, 6.45) is 1.75. The summed E-state index contributed by atoms with van der Waals surface area (Å²) in [5.74, 6) is 0.865. The summed E-state index contributed by atoms with van der Waals surface area (Å²) in [6.45, 7) is 5.64. The number of rotatable bonds is 3. The Bertz CT molecular complexity index is 839. The molecule has 0 atom stereocenters. The molecule has 1 fully saturated rings. The van der Waals surface area contributed by atoms with Gasteiger partial charge in [0.05, 0.1) is 11.4 Å². The zero-order valence-electron chi connectivity index (χ0n) is 13.9. The third-order valence-corrected chi connectivity index (χ3v) is 6.94. The van der Waals surface area contributed by atoms with Gasteiger partial charge in [0.25, 0.3) is 0 Å². The molecule has 130 valence electrons. The molecule has 1 saturated heterocycles. The lowest BCUT2D eigenvalue weighted by Crippen LogP contribution is -2.49. The second kappa shape index (κ2) is 6.45. The maximum absolute atomic E-state index is 13.0. The van der Waals surface area contributed by atoms with E-state index in [1.807, 2.05) is 12.1 Å². The topological polar surface area (TPSA) is 71.3 Å². The van der Waals surface area contributed by atoms with Crippen molar-refractivity contribution >= 4 is 31.8 Å². The van der Waals surface area contributed by atoms with Crippen LogP contribution in [0.2, 0.25) is 0 Å². The Balaban J connectivity index is 1.77. The fourth-order valence-electron chi connectivity index (χ4n) is 2.97. The van der Waals surface area contributed by atoms with Gasteiger partial charge < -0.3 is 4.90 Å². The van der Waals surface area contributed by atoms with Crippen molar-refractivity contribution in [1.29, 1.82) is 0 Å². The van der Waals surface area contributed by atoms with E-state index in [9.17, 15) is 8.42 Å². The van der Waals surface area contributed by atoms with Crippen LogP contribution in [0.4, 0.5) is 5.82 Å². The molecule has 3 rings (SSSR count). The summed E-state index contributed by atoms with van der Waals surface area (Å²) in [5.41, 5.74) is 1.22. The second-order valence-corrected chi connectivity index (χ2v) is 8.64. The van der Waals surface area contributed by atoms with Gasteiger partial charge in [-0.3, -0.25) is 4.68 Å². The van der Waals surface area contributed by atoms with Gasteiger partial charge >= 0.3 is 0 Å². The van der Waals surface area contributed by atoms with Crippen molar-refractivity contribution in [2.24, 2.45) is 7.05 Å². The first-order valence-electron chi connectivity index (χ1n) is 7.67. The number of hydrogen-bond donors (Lipinski definition) is 0. The van der Waals surface area contributed by atoms with Crippen LogP contribution in [0.25, 0.3) is 0 Å². The molecule has 1 aliphatic rings. The quantitative estimate of drug-likeness (QED) is 0.765. The van der Waals surface area contributed by atoms with Gasteiger partial charge in [0, 0.05) is 43.9 Å². The highest BCUT2D eigenvalue weighted by Gasteiger charge is 2.33. The highest BCUT2D eigenvalue weighted by atomic mass is 79.9. The molecule has 2 aromatic heterocycles. The van der Waals surface area contributed by atoms with Gasteiger partial charge in [0.1, 0.15) is 10.7 Å². The van der Waals surface area contributed by atoms with Gasteiger partial charge in [-0.2, -0.15) is 9.40 Å². The van der Waals surface area contributed by atoms with E-state index >= 15 is 0 Å². The summed E-state index contributed by atoms with van der Waals surface area (Å²) in [5, 5.41) is 4.23. The minimum absolute atomic E-state index is 0.334. The van der Waals surface area contributed by atoms with E-state index in [2.05, 4.69) is 30.9 Å². The number of aryl methyl sites for hydroxylation is 2. The molecule has 3 heterocycles. The van der Waals surface area contributed by atoms with Crippen LogP contribution in [0.1, 0.15) is 11.4 Å². The van der Waals surface area contributed by atoms with Gasteiger partial charge in [0.2, 0.25) is 10.0 Å². The largest absolute Gasteiger partial charge is 0.354 e. The first-order valence-corrected chi connectivity index (χ1v) is 9.91. The van der Waals surface area contributed by atoms with Crippen molar-refractivity contribution in [3.05, 3.63) is 34.2 Å². The summed E-state index contributed by atoms with van der Waals surface area (Å²) in [6, 6.07) is 3.87. The van der Waals surface area contributed by atoms with Crippen molar-refractivity contribution in [1.82, 2.24) is 19.1 Å². The van der Waals surface area contributed by atoms with Crippen LogP contribution in [0.3, 0.4) is 0 Å². The molecular formula is C15H20BrN5O2S. The van der Waals surface area contributed by atoms with Crippen LogP contribution in [0.5, 0.6) is 0 Å². The molecular weight excluding hydrogens is 394 g/mol. The smallest absolute Gasteiger partial charge is 0.246 e. The van der Waals surface area contributed by atoms with E-state index in [4.69, 9.17) is 0 Å². The molecule has 0 radical (unpaired) electrons. The normalized spacial score (nSPS) is 16.6. The fraction of sp³-hybridized carbons (Fsp3) is 0.467. The maximum Gasteiger partial charge on any atom is 0.246 e. The van der Waals surface area contributed by atoms with Crippen molar-refractivity contribution in [3.63, 3.8) is 0 Å². The lowest BCUT2D eigenvalue weighted by molar-refractivity contribution is 0.383. The molecule has 0 saturated carbocycles. The van der Waals surface area contributed by atoms with Crippen LogP contribution in [-0.4, -0.2) is 53.7 Å². The Hall–Kier alpha value is -1.45. The highest BCUT2D eigenvalue weighted by Crippen LogP contribution is 2.25. The fourth-order valence-corrected chi connectivity index (χ4v) is 5.03. The standard InChI is InChI=1S/C15H20BrN5O2S/c1-11-15(12(2)19(3)18-11)24(22,23)21-8-6-20(7-9-21)14-5-4-13(16)10-17-14/h4-5,10H,6-9H2,1-3H3. The van der Waals surface area contributed by atoms with Crippen LogP contribution in [0, 0.1) is 13.8 Å². The number of nitrogens with zero attached hydrogens (tertiary/aromatic N) is 5. The van der Waals surface area contributed by atoms with Gasteiger partial charge in [-0.1, -0.05) is 0 Å². The number of aromatic nitrogens is 3. The number of anilines is 1. The predicted molar refractivity (Wildman–Crippen MR) is 95.6 cm³/mol. The summed E-state index contributed by atoms with van der Waals surface area (Å²) < 4.78 is 30.0. The number of piperazine rings is 1. The van der Waals surface area contributed by atoms with E-state index in [1.54, 1.807) is 36.1 Å². The minimum atomic E-state index is -3.52. The van der Waals surface area contributed by atoms with Gasteiger partial charge in [-0.15, -0.1) is 0 Å². The molecule has 0 bridgehead atoms. The number of hydrogen-bond acceptors (Lipinski definition) is 5. The lowest BCUT2D eigenvalue weighted by Gasteiger charge is -2.34. The minimum Gasteiger partial charge on any atom is -0.354 e. The molecule has 0 aliphatic carbocycles. The number of halogens is 1. The van der Waals surface area contributed by atoms with Crippen LogP contribution in [-0.2, 0) is 17.1 Å². The first-order chi connectivity index (χ1) is 11.3. The van der Waals surface area contributed by atoms with Crippen LogP contribution < -0.4 is 4.90 Å². The zero-order valence-corrected chi connectivity index (χ0v) is 16.3. The summed E-state index contributed by atoms with van der Waals surface area (Å²) in [4.78, 5) is 6.81. The molecule has 24 heavy (non-hydrogen) atoms. The monoisotopic (exact) mass is 413 g/mol. The van der Waals surface area contributed by atoms with Gasteiger partial charge in [-0.05, 0) is 41.9 Å². The van der Waals surface area contributed by atoms with Crippen molar-refractivity contribution < 1.29 is 8.42 Å². The average Bonchev–Trinajstić information content (AvgIpc) is 2.81. The SMILES string of the molecule is Cc1nn(C)c(C)c1S(=O)(=O)N1CCN(c2ccc(Br)cn2)CC1. The number of pyridine rings is 1. The van der Waals surface area contributed by atoms with Crippen LogP contribution in [0.15, 0.2) is 27.7 Å². The Morgan fingerprint density at radius 3 is 2.29 bits per heavy atom. The van der Waals surface area contributed by atoms with E-state index in [0.717, 1.165) is 10.3 Å². The molecule has 9 heteroatoms. The third kappa shape index (κ3) is 3.07. The molecule has 1 aliphatic heterocycles. The average molecular weight is 414 g/mol. The zero-order chi connectivity index (χ0) is 17.5. The van der Waals surface area contributed by atoms with Crippen molar-refractivity contribution in [2.45, 2.75) is 18.7 Å².